The lowest BCUT2D eigenvalue weighted by Crippen LogP contribution is -2.44. The number of ether oxygens (including phenoxy) is 1. The van der Waals surface area contributed by atoms with Crippen molar-refractivity contribution in [2.75, 3.05) is 23.4 Å². The zero-order valence-corrected chi connectivity index (χ0v) is 16.1. The minimum atomic E-state index is -0.528. The van der Waals surface area contributed by atoms with Crippen molar-refractivity contribution in [2.45, 2.75) is 0 Å². The third-order valence-corrected chi connectivity index (χ3v) is 5.19. The molecule has 8 heteroatoms. The maximum absolute atomic E-state index is 13.1. The van der Waals surface area contributed by atoms with Gasteiger partial charge in [-0.15, -0.1) is 0 Å². The topological polar surface area (TPSA) is 106 Å². The highest BCUT2D eigenvalue weighted by Gasteiger charge is 2.33. The van der Waals surface area contributed by atoms with Gasteiger partial charge in [0.25, 0.3) is 5.91 Å². The van der Waals surface area contributed by atoms with Crippen LogP contribution in [0.4, 0.5) is 11.5 Å². The Balaban J connectivity index is 1.45. The summed E-state index contributed by atoms with van der Waals surface area (Å²) in [5.41, 5.74) is 1.23. The Morgan fingerprint density at radius 1 is 0.935 bits per heavy atom. The molecule has 5 rings (SSSR count). The summed E-state index contributed by atoms with van der Waals surface area (Å²) in [6.07, 6.45) is 1.50. The van der Waals surface area contributed by atoms with Crippen molar-refractivity contribution in [2.24, 2.45) is 0 Å². The van der Waals surface area contributed by atoms with E-state index in [9.17, 15) is 19.2 Å². The molecule has 2 heterocycles. The first-order valence-electron chi connectivity index (χ1n) is 9.54. The molecule has 31 heavy (non-hydrogen) atoms. The number of hydrogen-bond acceptors (Lipinski definition) is 6. The van der Waals surface area contributed by atoms with Crippen LogP contribution in [0.1, 0.15) is 31.8 Å². The van der Waals surface area contributed by atoms with E-state index < -0.39 is 11.8 Å². The highest BCUT2D eigenvalue weighted by atomic mass is 16.5. The molecule has 1 aliphatic heterocycles. The maximum Gasteiger partial charge on any atom is 0.266 e. The fourth-order valence-electron chi connectivity index (χ4n) is 3.78. The van der Waals surface area contributed by atoms with Crippen LogP contribution < -0.4 is 15.0 Å². The zero-order chi connectivity index (χ0) is 21.5. The largest absolute Gasteiger partial charge is 0.480 e. The summed E-state index contributed by atoms with van der Waals surface area (Å²) in [5.74, 6) is -0.886. The van der Waals surface area contributed by atoms with Gasteiger partial charge in [0.2, 0.25) is 5.91 Å². The lowest BCUT2D eigenvalue weighted by Gasteiger charge is -2.27. The van der Waals surface area contributed by atoms with Gasteiger partial charge in [-0.1, -0.05) is 36.4 Å². The number of pyridine rings is 1. The molecule has 0 fully saturated rings. The lowest BCUT2D eigenvalue weighted by molar-refractivity contribution is -0.123. The van der Waals surface area contributed by atoms with Gasteiger partial charge in [-0.25, -0.2) is 4.98 Å². The molecule has 8 nitrogen and oxygen atoms in total. The van der Waals surface area contributed by atoms with Crippen LogP contribution >= 0.6 is 0 Å². The van der Waals surface area contributed by atoms with Crippen molar-refractivity contribution >= 4 is 34.9 Å². The maximum atomic E-state index is 13.1. The quantitative estimate of drug-likeness (QED) is 0.552. The minimum Gasteiger partial charge on any atom is -0.480 e. The molecule has 2 aromatic carbocycles. The van der Waals surface area contributed by atoms with E-state index in [0.717, 1.165) is 0 Å². The summed E-state index contributed by atoms with van der Waals surface area (Å²) in [4.78, 5) is 56.4. The Labute approximate surface area is 176 Å². The molecular weight excluding hydrogens is 398 g/mol. The second-order valence-corrected chi connectivity index (χ2v) is 7.07. The molecule has 0 radical (unpaired) electrons. The SMILES string of the molecule is O=C(CN1C(=O)COc2cccnc21)Nc1cccc2c1C(=O)c1ccccc1C2=O. The molecule has 1 N–H and O–H groups in total. The Morgan fingerprint density at radius 3 is 2.48 bits per heavy atom. The number of benzene rings is 2. The molecule has 2 aliphatic rings. The fraction of sp³-hybridized carbons (Fsp3) is 0.0870. The van der Waals surface area contributed by atoms with E-state index in [2.05, 4.69) is 10.3 Å². The predicted molar refractivity (Wildman–Crippen MR) is 110 cm³/mol. The van der Waals surface area contributed by atoms with E-state index in [-0.39, 0.29) is 47.4 Å². The van der Waals surface area contributed by atoms with Crippen LogP contribution in [-0.2, 0) is 9.59 Å². The monoisotopic (exact) mass is 413 g/mol. The summed E-state index contributed by atoms with van der Waals surface area (Å²) in [5, 5.41) is 2.68. The Bertz CT molecular complexity index is 1280. The number of carbonyl (C=O) groups is 4. The Kier molecular flexibility index (Phi) is 4.32. The van der Waals surface area contributed by atoms with E-state index in [1.54, 1.807) is 54.6 Å². The average Bonchev–Trinajstić information content (AvgIpc) is 2.79. The number of ketones is 2. The van der Waals surface area contributed by atoms with Crippen LogP contribution in [0.25, 0.3) is 0 Å². The van der Waals surface area contributed by atoms with Gasteiger partial charge in [-0.2, -0.15) is 0 Å². The van der Waals surface area contributed by atoms with Crippen LogP contribution in [0.5, 0.6) is 5.75 Å². The molecule has 1 aliphatic carbocycles. The number of rotatable bonds is 3. The van der Waals surface area contributed by atoms with Gasteiger partial charge in [0.1, 0.15) is 6.54 Å². The van der Waals surface area contributed by atoms with E-state index in [1.807, 2.05) is 0 Å². The smallest absolute Gasteiger partial charge is 0.266 e. The molecular formula is C23H15N3O5. The Hall–Kier alpha value is -4.33. The standard InChI is InChI=1S/C23H15N3O5/c27-18(11-26-19(28)12-31-17-9-4-10-24-23(17)26)25-16-8-3-7-15-20(16)22(30)14-6-2-1-5-13(14)21(15)29/h1-10H,11-12H2,(H,25,27). The number of amides is 2. The number of nitrogens with zero attached hydrogens (tertiary/aromatic N) is 2. The second-order valence-electron chi connectivity index (χ2n) is 7.07. The van der Waals surface area contributed by atoms with E-state index in [1.165, 1.54) is 11.1 Å². The minimum absolute atomic E-state index is 0.145. The molecule has 152 valence electrons. The van der Waals surface area contributed by atoms with E-state index in [0.29, 0.717) is 16.9 Å². The Morgan fingerprint density at radius 2 is 1.68 bits per heavy atom. The molecule has 2 amide bonds. The number of carbonyl (C=O) groups excluding carboxylic acids is 4. The van der Waals surface area contributed by atoms with Gasteiger partial charge in [-0.05, 0) is 18.2 Å². The van der Waals surface area contributed by atoms with Crippen molar-refractivity contribution in [3.8, 4) is 5.75 Å². The van der Waals surface area contributed by atoms with Crippen molar-refractivity contribution in [1.82, 2.24) is 4.98 Å². The van der Waals surface area contributed by atoms with Gasteiger partial charge >= 0.3 is 0 Å². The van der Waals surface area contributed by atoms with Crippen molar-refractivity contribution in [3.63, 3.8) is 0 Å². The van der Waals surface area contributed by atoms with Gasteiger partial charge in [0.05, 0.1) is 11.3 Å². The molecule has 0 spiro atoms. The normalized spacial score (nSPS) is 14.3. The van der Waals surface area contributed by atoms with E-state index in [4.69, 9.17) is 4.74 Å². The van der Waals surface area contributed by atoms with Gasteiger partial charge in [-0.3, -0.25) is 24.1 Å². The zero-order valence-electron chi connectivity index (χ0n) is 16.1. The lowest BCUT2D eigenvalue weighted by atomic mass is 9.83. The molecule has 0 unspecified atom stereocenters. The highest BCUT2D eigenvalue weighted by molar-refractivity contribution is 6.30. The number of fused-ring (bicyclic) bond motifs is 3. The van der Waals surface area contributed by atoms with Crippen molar-refractivity contribution in [1.29, 1.82) is 0 Å². The molecule has 0 bridgehead atoms. The van der Waals surface area contributed by atoms with Crippen molar-refractivity contribution < 1.29 is 23.9 Å². The van der Waals surface area contributed by atoms with Crippen LogP contribution in [0.15, 0.2) is 60.8 Å². The summed E-state index contributed by atoms with van der Waals surface area (Å²) in [7, 11) is 0. The number of aromatic nitrogens is 1. The van der Waals surface area contributed by atoms with Crippen molar-refractivity contribution in [3.05, 3.63) is 83.0 Å². The van der Waals surface area contributed by atoms with E-state index >= 15 is 0 Å². The summed E-state index contributed by atoms with van der Waals surface area (Å²) < 4.78 is 5.33. The highest BCUT2D eigenvalue weighted by Crippen LogP contribution is 2.32. The van der Waals surface area contributed by atoms with Crippen LogP contribution in [0.3, 0.4) is 0 Å². The summed E-state index contributed by atoms with van der Waals surface area (Å²) >= 11 is 0. The molecule has 1 aromatic heterocycles. The second kappa shape index (κ2) is 7.17. The first-order chi connectivity index (χ1) is 15.0. The predicted octanol–water partition coefficient (Wildman–Crippen LogP) is 2.22. The number of anilines is 2. The first kappa shape index (κ1) is 18.7. The number of hydrogen-bond donors (Lipinski definition) is 1. The van der Waals surface area contributed by atoms with Gasteiger partial charge in [0, 0.05) is 22.9 Å². The van der Waals surface area contributed by atoms with Crippen LogP contribution in [0, 0.1) is 0 Å². The van der Waals surface area contributed by atoms with Crippen LogP contribution in [-0.4, -0.2) is 41.5 Å². The van der Waals surface area contributed by atoms with Crippen LogP contribution in [0.2, 0.25) is 0 Å². The average molecular weight is 413 g/mol. The summed E-state index contributed by atoms with van der Waals surface area (Å²) in [6, 6.07) is 14.6. The summed E-state index contributed by atoms with van der Waals surface area (Å²) in [6.45, 7) is -0.509. The first-order valence-corrected chi connectivity index (χ1v) is 9.54. The number of nitrogens with one attached hydrogen (secondary N) is 1. The molecule has 3 aromatic rings. The molecule has 0 saturated heterocycles. The fourth-order valence-corrected chi connectivity index (χ4v) is 3.78. The molecule has 0 atom stereocenters. The third kappa shape index (κ3) is 3.05. The van der Waals surface area contributed by atoms with Gasteiger partial charge in [0.15, 0.2) is 29.7 Å². The third-order valence-electron chi connectivity index (χ3n) is 5.19. The van der Waals surface area contributed by atoms with Gasteiger partial charge < -0.3 is 10.1 Å². The molecule has 0 saturated carbocycles.